The Balaban J connectivity index is 1.68. The van der Waals surface area contributed by atoms with Crippen molar-refractivity contribution in [2.45, 2.75) is 18.9 Å². The molecule has 0 radical (unpaired) electrons. The highest BCUT2D eigenvalue weighted by Crippen LogP contribution is 2.24. The van der Waals surface area contributed by atoms with Gasteiger partial charge in [0.25, 0.3) is 0 Å². The molecular weight excluding hydrogens is 274 g/mol. The minimum Gasteiger partial charge on any atom is -0.344 e. The van der Waals surface area contributed by atoms with Crippen molar-refractivity contribution in [1.82, 2.24) is 10.3 Å². The lowest BCUT2D eigenvalue weighted by atomic mass is 10.2. The first-order chi connectivity index (χ1) is 9.72. The van der Waals surface area contributed by atoms with E-state index in [4.69, 9.17) is 0 Å². The van der Waals surface area contributed by atoms with Crippen molar-refractivity contribution in [3.05, 3.63) is 35.7 Å². The summed E-state index contributed by atoms with van der Waals surface area (Å²) in [5, 5.41) is 7.84. The summed E-state index contributed by atoms with van der Waals surface area (Å²) in [5.41, 5.74) is 1.85. The van der Waals surface area contributed by atoms with Gasteiger partial charge < -0.3 is 10.6 Å². The number of hydrogen-bond acceptors (Lipinski definition) is 4. The summed E-state index contributed by atoms with van der Waals surface area (Å²) in [6.45, 7) is 0. The lowest BCUT2D eigenvalue weighted by molar-refractivity contribution is -0.122. The second-order valence-electron chi connectivity index (χ2n) is 4.55. The Morgan fingerprint density at radius 1 is 1.35 bits per heavy atom. The molecule has 0 saturated carbocycles. The number of nitrogens with one attached hydrogen (secondary N) is 2. The molecule has 1 atom stereocenters. The quantitative estimate of drug-likeness (QED) is 0.907. The molecule has 6 heteroatoms. The molecule has 20 heavy (non-hydrogen) atoms. The standard InChI is InChI=1S/C14H13N3O2S/c18-12-7-6-10(15-12)13(19)17-14-16-11(8-20-14)9-4-2-1-3-5-9/h1-5,8,10H,6-7H2,(H,15,18)(H,16,17,19)/t10-/m0/s1. The number of rotatable bonds is 3. The number of amides is 2. The molecule has 1 aliphatic heterocycles. The predicted octanol–water partition coefficient (Wildman–Crippen LogP) is 2.03. The summed E-state index contributed by atoms with van der Waals surface area (Å²) in [5.74, 6) is -0.279. The third-order valence-corrected chi connectivity index (χ3v) is 3.87. The zero-order valence-electron chi connectivity index (χ0n) is 10.6. The van der Waals surface area contributed by atoms with E-state index in [0.717, 1.165) is 11.3 Å². The van der Waals surface area contributed by atoms with Crippen molar-refractivity contribution in [3.63, 3.8) is 0 Å². The van der Waals surface area contributed by atoms with Gasteiger partial charge in [0.1, 0.15) is 6.04 Å². The van der Waals surface area contributed by atoms with Crippen LogP contribution in [-0.4, -0.2) is 22.8 Å². The Hall–Kier alpha value is -2.21. The van der Waals surface area contributed by atoms with E-state index in [1.165, 1.54) is 11.3 Å². The molecule has 3 rings (SSSR count). The highest BCUT2D eigenvalue weighted by atomic mass is 32.1. The van der Waals surface area contributed by atoms with Crippen molar-refractivity contribution < 1.29 is 9.59 Å². The van der Waals surface area contributed by atoms with Crippen LogP contribution in [0.25, 0.3) is 11.3 Å². The van der Waals surface area contributed by atoms with E-state index in [1.54, 1.807) is 0 Å². The zero-order valence-corrected chi connectivity index (χ0v) is 11.4. The summed E-state index contributed by atoms with van der Waals surface area (Å²) < 4.78 is 0. The molecule has 2 aromatic rings. The van der Waals surface area contributed by atoms with Crippen LogP contribution < -0.4 is 10.6 Å². The number of benzene rings is 1. The summed E-state index contributed by atoms with van der Waals surface area (Å²) >= 11 is 1.38. The Kier molecular flexibility index (Phi) is 3.47. The number of carbonyl (C=O) groups excluding carboxylic acids is 2. The van der Waals surface area contributed by atoms with Gasteiger partial charge in [-0.3, -0.25) is 9.59 Å². The van der Waals surface area contributed by atoms with E-state index in [1.807, 2.05) is 35.7 Å². The molecule has 1 aromatic carbocycles. The SMILES string of the molecule is O=C1CC[C@@H](C(=O)Nc2nc(-c3ccccc3)cs2)N1. The van der Waals surface area contributed by atoms with Gasteiger partial charge in [0.2, 0.25) is 11.8 Å². The van der Waals surface area contributed by atoms with Gasteiger partial charge >= 0.3 is 0 Å². The van der Waals surface area contributed by atoms with Crippen LogP contribution in [0.3, 0.4) is 0 Å². The Bertz CT molecular complexity index is 639. The summed E-state index contributed by atoms with van der Waals surface area (Å²) in [6.07, 6.45) is 0.951. The van der Waals surface area contributed by atoms with E-state index in [9.17, 15) is 9.59 Å². The lowest BCUT2D eigenvalue weighted by Crippen LogP contribution is -2.37. The Labute approximate surface area is 120 Å². The highest BCUT2D eigenvalue weighted by molar-refractivity contribution is 7.14. The molecular formula is C14H13N3O2S. The lowest BCUT2D eigenvalue weighted by Gasteiger charge is -2.08. The molecule has 2 heterocycles. The average molecular weight is 287 g/mol. The van der Waals surface area contributed by atoms with Crippen LogP contribution in [0.1, 0.15) is 12.8 Å². The first-order valence-electron chi connectivity index (χ1n) is 6.33. The highest BCUT2D eigenvalue weighted by Gasteiger charge is 2.27. The van der Waals surface area contributed by atoms with Crippen LogP contribution in [-0.2, 0) is 9.59 Å². The predicted molar refractivity (Wildman–Crippen MR) is 77.3 cm³/mol. The Morgan fingerprint density at radius 2 is 2.15 bits per heavy atom. The second-order valence-corrected chi connectivity index (χ2v) is 5.41. The number of thiazole rings is 1. The van der Waals surface area contributed by atoms with E-state index in [0.29, 0.717) is 18.0 Å². The van der Waals surface area contributed by atoms with Gasteiger partial charge in [-0.1, -0.05) is 30.3 Å². The summed E-state index contributed by atoms with van der Waals surface area (Å²) in [6, 6.07) is 9.34. The number of aromatic nitrogens is 1. The fraction of sp³-hybridized carbons (Fsp3) is 0.214. The molecule has 1 aromatic heterocycles. The maximum absolute atomic E-state index is 11.9. The fourth-order valence-electron chi connectivity index (χ4n) is 2.08. The first kappa shape index (κ1) is 12.8. The second kappa shape index (κ2) is 5.42. The minimum absolute atomic E-state index is 0.0748. The largest absolute Gasteiger partial charge is 0.344 e. The number of carbonyl (C=O) groups is 2. The van der Waals surface area contributed by atoms with Crippen LogP contribution in [0.5, 0.6) is 0 Å². The number of nitrogens with zero attached hydrogens (tertiary/aromatic N) is 1. The van der Waals surface area contributed by atoms with Gasteiger partial charge in [-0.15, -0.1) is 11.3 Å². The van der Waals surface area contributed by atoms with Gasteiger partial charge in [0.05, 0.1) is 5.69 Å². The molecule has 102 valence electrons. The first-order valence-corrected chi connectivity index (χ1v) is 7.21. The van der Waals surface area contributed by atoms with Crippen molar-refractivity contribution in [3.8, 4) is 11.3 Å². The van der Waals surface area contributed by atoms with E-state index in [-0.39, 0.29) is 11.8 Å². The molecule has 1 fully saturated rings. The van der Waals surface area contributed by atoms with E-state index >= 15 is 0 Å². The van der Waals surface area contributed by atoms with Gasteiger partial charge in [0.15, 0.2) is 5.13 Å². The van der Waals surface area contributed by atoms with E-state index in [2.05, 4.69) is 15.6 Å². The molecule has 0 spiro atoms. The van der Waals surface area contributed by atoms with Gasteiger partial charge in [-0.2, -0.15) is 0 Å². The maximum Gasteiger partial charge on any atom is 0.248 e. The maximum atomic E-state index is 11.9. The van der Waals surface area contributed by atoms with Gasteiger partial charge in [-0.05, 0) is 6.42 Å². The van der Waals surface area contributed by atoms with Gasteiger partial charge in [0, 0.05) is 17.4 Å². The third kappa shape index (κ3) is 2.70. The van der Waals surface area contributed by atoms with Crippen LogP contribution in [0, 0.1) is 0 Å². The van der Waals surface area contributed by atoms with E-state index < -0.39 is 6.04 Å². The van der Waals surface area contributed by atoms with Crippen molar-refractivity contribution in [2.75, 3.05) is 5.32 Å². The normalized spacial score (nSPS) is 17.8. The zero-order chi connectivity index (χ0) is 13.9. The molecule has 0 unspecified atom stereocenters. The number of anilines is 1. The van der Waals surface area contributed by atoms with Crippen LogP contribution in [0.2, 0.25) is 0 Å². The Morgan fingerprint density at radius 3 is 2.85 bits per heavy atom. The van der Waals surface area contributed by atoms with Crippen molar-refractivity contribution >= 4 is 28.3 Å². The number of hydrogen-bond donors (Lipinski definition) is 2. The smallest absolute Gasteiger partial charge is 0.248 e. The van der Waals surface area contributed by atoms with Gasteiger partial charge in [-0.25, -0.2) is 4.98 Å². The van der Waals surface area contributed by atoms with Crippen LogP contribution in [0.15, 0.2) is 35.7 Å². The monoisotopic (exact) mass is 287 g/mol. The summed E-state index contributed by atoms with van der Waals surface area (Å²) in [4.78, 5) is 27.4. The third-order valence-electron chi connectivity index (χ3n) is 3.12. The molecule has 5 nitrogen and oxygen atoms in total. The van der Waals surface area contributed by atoms with Crippen LogP contribution in [0.4, 0.5) is 5.13 Å². The van der Waals surface area contributed by atoms with Crippen molar-refractivity contribution in [1.29, 1.82) is 0 Å². The summed E-state index contributed by atoms with van der Waals surface area (Å²) in [7, 11) is 0. The minimum atomic E-state index is -0.438. The van der Waals surface area contributed by atoms with Crippen molar-refractivity contribution in [2.24, 2.45) is 0 Å². The molecule has 2 amide bonds. The molecule has 1 saturated heterocycles. The topological polar surface area (TPSA) is 71.1 Å². The molecule has 2 N–H and O–H groups in total. The molecule has 1 aliphatic rings. The molecule has 0 bridgehead atoms. The molecule has 0 aliphatic carbocycles. The fourth-order valence-corrected chi connectivity index (χ4v) is 2.80. The van der Waals surface area contributed by atoms with Crippen LogP contribution >= 0.6 is 11.3 Å². The average Bonchev–Trinajstić information content (AvgIpc) is 3.09.